The highest BCUT2D eigenvalue weighted by molar-refractivity contribution is 7.99. The predicted octanol–water partition coefficient (Wildman–Crippen LogP) is -1.90. The first kappa shape index (κ1) is 18.6. The maximum Gasteiger partial charge on any atom is 0.306 e. The molecule has 8 nitrogen and oxygen atoms in total. The summed E-state index contributed by atoms with van der Waals surface area (Å²) in [5.74, 6) is 0.869. The van der Waals surface area contributed by atoms with Gasteiger partial charge in [0.15, 0.2) is 6.29 Å². The van der Waals surface area contributed by atoms with Crippen molar-refractivity contribution in [1.29, 1.82) is 0 Å². The number of thioether (sulfide) groups is 1. The first-order chi connectivity index (χ1) is 10.0. The van der Waals surface area contributed by atoms with Gasteiger partial charge in [-0.05, 0) is 0 Å². The van der Waals surface area contributed by atoms with Crippen LogP contribution in [-0.4, -0.2) is 88.9 Å². The molecule has 0 aliphatic carbocycles. The van der Waals surface area contributed by atoms with Crippen LogP contribution in [0.1, 0.15) is 6.42 Å². The van der Waals surface area contributed by atoms with Gasteiger partial charge in [-0.3, -0.25) is 4.79 Å². The van der Waals surface area contributed by atoms with Crippen molar-refractivity contribution in [3.63, 3.8) is 0 Å². The number of carbonyl (C=O) groups is 1. The summed E-state index contributed by atoms with van der Waals surface area (Å²) in [7, 11) is 1.33. The van der Waals surface area contributed by atoms with Crippen LogP contribution >= 0.6 is 11.8 Å². The van der Waals surface area contributed by atoms with Crippen LogP contribution in [0.3, 0.4) is 0 Å². The standard InChI is InChI=1S/C12H22O8S/c1-18-8(14)2-4-21-5-3-19-12-11(17)10(16)9(15)7(6-13)20-12/h7,9-13,15-17H,2-6H2,1H3/t7-,9+,10+,11-,12-/m1/s1. The van der Waals surface area contributed by atoms with Crippen molar-refractivity contribution in [3.05, 3.63) is 0 Å². The fourth-order valence-electron chi connectivity index (χ4n) is 1.79. The van der Waals surface area contributed by atoms with Gasteiger partial charge in [-0.25, -0.2) is 0 Å². The largest absolute Gasteiger partial charge is 0.469 e. The molecule has 1 saturated heterocycles. The van der Waals surface area contributed by atoms with Crippen molar-refractivity contribution in [2.24, 2.45) is 0 Å². The van der Waals surface area contributed by atoms with Gasteiger partial charge in [-0.15, -0.1) is 0 Å². The van der Waals surface area contributed by atoms with Crippen LogP contribution in [0.4, 0.5) is 0 Å². The molecule has 5 atom stereocenters. The summed E-state index contributed by atoms with van der Waals surface area (Å²) >= 11 is 1.47. The zero-order valence-corrected chi connectivity index (χ0v) is 12.6. The normalized spacial score (nSPS) is 32.9. The quantitative estimate of drug-likeness (QED) is 0.299. The summed E-state index contributed by atoms with van der Waals surface area (Å²) in [5, 5.41) is 37.9. The fraction of sp³-hybridized carbons (Fsp3) is 0.917. The zero-order chi connectivity index (χ0) is 15.8. The van der Waals surface area contributed by atoms with Gasteiger partial charge in [0, 0.05) is 11.5 Å². The monoisotopic (exact) mass is 326 g/mol. The minimum absolute atomic E-state index is 0.231. The van der Waals surface area contributed by atoms with E-state index in [0.717, 1.165) is 0 Å². The number of esters is 1. The molecule has 0 radical (unpaired) electrons. The lowest BCUT2D eigenvalue weighted by atomic mass is 9.99. The minimum atomic E-state index is -1.44. The van der Waals surface area contributed by atoms with Crippen LogP contribution in [0.2, 0.25) is 0 Å². The first-order valence-corrected chi connectivity index (χ1v) is 7.73. The van der Waals surface area contributed by atoms with Gasteiger partial charge in [0.25, 0.3) is 0 Å². The third-order valence-corrected chi connectivity index (χ3v) is 3.98. The molecule has 0 saturated carbocycles. The molecule has 1 aliphatic heterocycles. The number of ether oxygens (including phenoxy) is 3. The molecule has 4 N–H and O–H groups in total. The number of hydrogen-bond donors (Lipinski definition) is 4. The van der Waals surface area contributed by atoms with Crippen molar-refractivity contribution >= 4 is 17.7 Å². The molecule has 0 aromatic heterocycles. The molecule has 0 unspecified atom stereocenters. The third-order valence-electron chi connectivity index (χ3n) is 3.04. The van der Waals surface area contributed by atoms with Gasteiger partial charge in [-0.2, -0.15) is 11.8 Å². The molecular formula is C12H22O8S. The van der Waals surface area contributed by atoms with Crippen LogP contribution in [0.25, 0.3) is 0 Å². The second-order valence-corrected chi connectivity index (χ2v) is 5.73. The van der Waals surface area contributed by atoms with Crippen LogP contribution in [0.15, 0.2) is 0 Å². The van der Waals surface area contributed by atoms with E-state index in [1.807, 2.05) is 0 Å². The number of aliphatic hydroxyl groups is 4. The van der Waals surface area contributed by atoms with E-state index in [1.165, 1.54) is 18.9 Å². The highest BCUT2D eigenvalue weighted by Crippen LogP contribution is 2.22. The van der Waals surface area contributed by atoms with Crippen LogP contribution < -0.4 is 0 Å². The molecule has 124 valence electrons. The van der Waals surface area contributed by atoms with Crippen molar-refractivity contribution in [2.45, 2.75) is 37.1 Å². The van der Waals surface area contributed by atoms with Gasteiger partial charge < -0.3 is 34.6 Å². The number of carbonyl (C=O) groups excluding carboxylic acids is 1. The zero-order valence-electron chi connectivity index (χ0n) is 11.8. The van der Waals surface area contributed by atoms with E-state index in [0.29, 0.717) is 17.9 Å². The fourth-order valence-corrected chi connectivity index (χ4v) is 2.52. The summed E-state index contributed by atoms with van der Waals surface area (Å²) in [4.78, 5) is 10.9. The van der Waals surface area contributed by atoms with Crippen molar-refractivity contribution in [1.82, 2.24) is 0 Å². The SMILES string of the molecule is COC(=O)CCSCCO[C@@H]1O[C@H](CO)[C@H](O)[C@H](O)[C@H]1O. The smallest absolute Gasteiger partial charge is 0.306 e. The molecule has 0 aromatic rings. The Hall–Kier alpha value is -0.420. The molecule has 1 rings (SSSR count). The van der Waals surface area contributed by atoms with Gasteiger partial charge >= 0.3 is 5.97 Å². The number of rotatable bonds is 8. The van der Waals surface area contributed by atoms with Gasteiger partial charge in [0.1, 0.15) is 24.4 Å². The third kappa shape index (κ3) is 5.70. The molecule has 9 heteroatoms. The molecule has 1 aliphatic rings. The lowest BCUT2D eigenvalue weighted by Gasteiger charge is -2.39. The molecule has 0 bridgehead atoms. The molecular weight excluding hydrogens is 304 g/mol. The van der Waals surface area contributed by atoms with Crippen LogP contribution in [0.5, 0.6) is 0 Å². The molecule has 1 heterocycles. The molecule has 0 aromatic carbocycles. The van der Waals surface area contributed by atoms with E-state index >= 15 is 0 Å². The molecule has 0 amide bonds. The number of hydrogen-bond acceptors (Lipinski definition) is 9. The van der Waals surface area contributed by atoms with Crippen molar-refractivity contribution < 1.29 is 39.4 Å². The number of aliphatic hydroxyl groups excluding tert-OH is 4. The summed E-state index contributed by atoms with van der Waals surface area (Å²) in [6.45, 7) is -0.257. The van der Waals surface area contributed by atoms with Crippen LogP contribution in [0, 0.1) is 0 Å². The van der Waals surface area contributed by atoms with E-state index in [-0.39, 0.29) is 12.6 Å². The molecule has 1 fully saturated rings. The van der Waals surface area contributed by atoms with E-state index in [9.17, 15) is 20.1 Å². The topological polar surface area (TPSA) is 126 Å². The van der Waals surface area contributed by atoms with Crippen molar-refractivity contribution in [2.75, 3.05) is 31.8 Å². The maximum atomic E-state index is 10.9. The summed E-state index contributed by atoms with van der Waals surface area (Å²) in [6, 6.07) is 0. The van der Waals surface area contributed by atoms with Crippen molar-refractivity contribution in [3.8, 4) is 0 Å². The highest BCUT2D eigenvalue weighted by Gasteiger charge is 2.43. The maximum absolute atomic E-state index is 10.9. The second kappa shape index (κ2) is 9.57. The molecule has 21 heavy (non-hydrogen) atoms. The van der Waals surface area contributed by atoms with Gasteiger partial charge in [0.2, 0.25) is 0 Å². The second-order valence-electron chi connectivity index (χ2n) is 4.51. The minimum Gasteiger partial charge on any atom is -0.469 e. The summed E-state index contributed by atoms with van der Waals surface area (Å²) in [6.07, 6.45) is -5.99. The Morgan fingerprint density at radius 3 is 2.52 bits per heavy atom. The summed E-state index contributed by atoms with van der Waals surface area (Å²) < 4.78 is 15.0. The average molecular weight is 326 g/mol. The Morgan fingerprint density at radius 2 is 1.90 bits per heavy atom. The highest BCUT2D eigenvalue weighted by atomic mass is 32.2. The van der Waals surface area contributed by atoms with Gasteiger partial charge in [-0.1, -0.05) is 0 Å². The van der Waals surface area contributed by atoms with E-state index in [4.69, 9.17) is 14.6 Å². The Balaban J connectivity index is 2.23. The first-order valence-electron chi connectivity index (χ1n) is 6.58. The van der Waals surface area contributed by atoms with E-state index < -0.39 is 37.3 Å². The molecule has 0 spiro atoms. The Bertz CT molecular complexity index is 314. The Kier molecular flexibility index (Phi) is 8.49. The summed E-state index contributed by atoms with van der Waals surface area (Å²) in [5.41, 5.74) is 0. The predicted molar refractivity (Wildman–Crippen MR) is 73.7 cm³/mol. The number of methoxy groups -OCH3 is 1. The van der Waals surface area contributed by atoms with Crippen LogP contribution in [-0.2, 0) is 19.0 Å². The average Bonchev–Trinajstić information content (AvgIpc) is 2.50. The lowest BCUT2D eigenvalue weighted by Crippen LogP contribution is -2.59. The lowest BCUT2D eigenvalue weighted by molar-refractivity contribution is -0.299. The van der Waals surface area contributed by atoms with Gasteiger partial charge in [0.05, 0.1) is 26.7 Å². The van der Waals surface area contributed by atoms with E-state index in [2.05, 4.69) is 4.74 Å². The Labute approximate surface area is 127 Å². The van der Waals surface area contributed by atoms with E-state index in [1.54, 1.807) is 0 Å². The Morgan fingerprint density at radius 1 is 1.19 bits per heavy atom.